The summed E-state index contributed by atoms with van der Waals surface area (Å²) in [5, 5.41) is 4.58. The summed E-state index contributed by atoms with van der Waals surface area (Å²) in [6.45, 7) is 6.74. The first-order chi connectivity index (χ1) is 14.1. The van der Waals surface area contributed by atoms with Crippen LogP contribution in [0.4, 0.5) is 10.6 Å². The lowest BCUT2D eigenvalue weighted by Crippen LogP contribution is -2.53. The molecule has 5 N–H and O–H groups in total. The predicted molar refractivity (Wildman–Crippen MR) is 114 cm³/mol. The Kier molecular flexibility index (Phi) is 6.61. The molecule has 2 aliphatic heterocycles. The zero-order valence-electron chi connectivity index (χ0n) is 17.7. The van der Waals surface area contributed by atoms with E-state index in [4.69, 9.17) is 11.5 Å². The molecule has 11 heteroatoms. The highest BCUT2D eigenvalue weighted by atomic mass is 16.2. The van der Waals surface area contributed by atoms with E-state index < -0.39 is 11.2 Å². The molecule has 0 aliphatic carbocycles. The monoisotopic (exact) mass is 420 g/mol. The highest BCUT2D eigenvalue weighted by molar-refractivity contribution is 5.88. The van der Waals surface area contributed by atoms with E-state index in [2.05, 4.69) is 10.3 Å². The molecule has 30 heavy (non-hydrogen) atoms. The molecule has 166 valence electrons. The van der Waals surface area contributed by atoms with Crippen LogP contribution in [0.15, 0.2) is 17.1 Å². The van der Waals surface area contributed by atoms with E-state index in [1.165, 1.54) is 4.68 Å². The smallest absolute Gasteiger partial charge is 0.339 e. The van der Waals surface area contributed by atoms with Crippen molar-refractivity contribution in [3.05, 3.63) is 22.7 Å². The van der Waals surface area contributed by atoms with Crippen LogP contribution in [-0.4, -0.2) is 82.2 Å². The lowest BCUT2D eigenvalue weighted by Gasteiger charge is -2.35. The van der Waals surface area contributed by atoms with Gasteiger partial charge in [-0.15, -0.1) is 0 Å². The van der Waals surface area contributed by atoms with E-state index in [1.54, 1.807) is 22.1 Å². The van der Waals surface area contributed by atoms with E-state index in [1.807, 2.05) is 18.9 Å². The molecule has 0 unspecified atom stereocenters. The van der Waals surface area contributed by atoms with Crippen LogP contribution in [0.2, 0.25) is 0 Å². The highest BCUT2D eigenvalue weighted by Gasteiger charge is 2.27. The molecule has 11 nitrogen and oxygen atoms in total. The number of urea groups is 1. The van der Waals surface area contributed by atoms with Crippen LogP contribution in [0.1, 0.15) is 33.1 Å². The minimum Gasteiger partial charge on any atom is -0.339 e. The van der Waals surface area contributed by atoms with Gasteiger partial charge in [-0.3, -0.25) is 10.1 Å². The summed E-state index contributed by atoms with van der Waals surface area (Å²) >= 11 is 0. The number of nitrogens with zero attached hydrogens (tertiary/aromatic N) is 5. The molecule has 3 heterocycles. The van der Waals surface area contributed by atoms with Crippen LogP contribution in [0.25, 0.3) is 0 Å². The van der Waals surface area contributed by atoms with Gasteiger partial charge in [-0.05, 0) is 32.8 Å². The first-order valence-corrected chi connectivity index (χ1v) is 10.4. The van der Waals surface area contributed by atoms with Crippen LogP contribution < -0.4 is 27.5 Å². The van der Waals surface area contributed by atoms with E-state index in [9.17, 15) is 14.4 Å². The molecular weight excluding hydrogens is 388 g/mol. The normalized spacial score (nSPS) is 18.5. The van der Waals surface area contributed by atoms with Gasteiger partial charge in [-0.25, -0.2) is 14.3 Å². The van der Waals surface area contributed by atoms with Crippen molar-refractivity contribution in [2.75, 3.05) is 49.6 Å². The van der Waals surface area contributed by atoms with E-state index in [0.717, 1.165) is 12.8 Å². The summed E-state index contributed by atoms with van der Waals surface area (Å²) in [4.78, 5) is 44.5. The number of nitrogens with two attached hydrogens (primary N) is 2. The quantitative estimate of drug-likeness (QED) is 0.573. The van der Waals surface area contributed by atoms with Crippen LogP contribution in [-0.2, 0) is 4.79 Å². The van der Waals surface area contributed by atoms with Crippen molar-refractivity contribution in [3.63, 3.8) is 0 Å². The van der Waals surface area contributed by atoms with E-state index >= 15 is 0 Å². The standard InChI is InChI=1S/C19H32N8O3/c1-19(2,21)13-16(28)24-9-11-25(12-10-24)17(29)22-15-5-8-27(18(30)23-15)26-6-3-14(20)4-7-26/h5,8,14H,3-4,6-7,9-13,20-21H2,1-2H3,(H,22,23,29,30). The van der Waals surface area contributed by atoms with Crippen molar-refractivity contribution in [2.45, 2.75) is 44.7 Å². The second kappa shape index (κ2) is 9.00. The fourth-order valence-electron chi connectivity index (χ4n) is 3.63. The summed E-state index contributed by atoms with van der Waals surface area (Å²) in [5.41, 5.74) is 10.8. The van der Waals surface area contributed by atoms with Gasteiger partial charge in [0.25, 0.3) is 0 Å². The van der Waals surface area contributed by atoms with Crippen LogP contribution in [0.5, 0.6) is 0 Å². The van der Waals surface area contributed by atoms with Gasteiger partial charge in [-0.1, -0.05) is 0 Å². The Hall–Kier alpha value is -2.66. The SMILES string of the molecule is CC(C)(N)CC(=O)N1CCN(C(=O)Nc2ccn(N3CCC(N)CC3)c(=O)n2)CC1. The Balaban J connectivity index is 1.52. The number of hydrogen-bond donors (Lipinski definition) is 3. The molecule has 2 aliphatic rings. The van der Waals surface area contributed by atoms with Crippen LogP contribution >= 0.6 is 0 Å². The van der Waals surface area contributed by atoms with Gasteiger partial charge in [-0.2, -0.15) is 4.98 Å². The third-order valence-electron chi connectivity index (χ3n) is 5.37. The zero-order chi connectivity index (χ0) is 21.9. The Bertz CT molecular complexity index is 818. The fraction of sp³-hybridized carbons (Fsp3) is 0.684. The maximum absolute atomic E-state index is 12.5. The Labute approximate surface area is 176 Å². The summed E-state index contributed by atoms with van der Waals surface area (Å²) in [7, 11) is 0. The summed E-state index contributed by atoms with van der Waals surface area (Å²) < 4.78 is 1.46. The second-order valence-electron chi connectivity index (χ2n) is 8.69. The molecule has 2 saturated heterocycles. The number of piperidine rings is 1. The lowest BCUT2D eigenvalue weighted by molar-refractivity contribution is -0.133. The Morgan fingerprint density at radius 3 is 2.30 bits per heavy atom. The minimum atomic E-state index is -0.558. The number of carbonyl (C=O) groups is 2. The number of amides is 3. The van der Waals surface area contributed by atoms with Crippen molar-refractivity contribution < 1.29 is 9.59 Å². The summed E-state index contributed by atoms with van der Waals surface area (Å²) in [5.74, 6) is 0.199. The second-order valence-corrected chi connectivity index (χ2v) is 8.69. The van der Waals surface area contributed by atoms with Crippen molar-refractivity contribution in [1.29, 1.82) is 0 Å². The van der Waals surface area contributed by atoms with Crippen LogP contribution in [0.3, 0.4) is 0 Å². The average molecular weight is 421 g/mol. The largest absolute Gasteiger partial charge is 0.368 e. The number of nitrogens with one attached hydrogen (secondary N) is 1. The summed E-state index contributed by atoms with van der Waals surface area (Å²) in [6.07, 6.45) is 3.53. The molecule has 0 radical (unpaired) electrons. The topological polar surface area (TPSA) is 143 Å². The third kappa shape index (κ3) is 5.70. The Morgan fingerprint density at radius 1 is 1.13 bits per heavy atom. The highest BCUT2D eigenvalue weighted by Crippen LogP contribution is 2.11. The maximum atomic E-state index is 12.5. The molecule has 1 aromatic rings. The molecule has 0 aromatic carbocycles. The van der Waals surface area contributed by atoms with Gasteiger partial charge < -0.3 is 26.3 Å². The van der Waals surface area contributed by atoms with E-state index in [-0.39, 0.29) is 30.2 Å². The lowest BCUT2D eigenvalue weighted by atomic mass is 10.0. The first kappa shape index (κ1) is 22.0. The number of aromatic nitrogens is 2. The molecule has 3 rings (SSSR count). The zero-order valence-corrected chi connectivity index (χ0v) is 17.7. The number of piperazine rings is 1. The maximum Gasteiger partial charge on any atom is 0.368 e. The summed E-state index contributed by atoms with van der Waals surface area (Å²) in [6, 6.07) is 1.44. The third-order valence-corrected chi connectivity index (χ3v) is 5.37. The van der Waals surface area contributed by atoms with Crippen LogP contribution in [0, 0.1) is 0 Å². The van der Waals surface area contributed by atoms with Gasteiger partial charge in [0.1, 0.15) is 5.82 Å². The molecule has 0 atom stereocenters. The van der Waals surface area contributed by atoms with Crippen molar-refractivity contribution in [3.8, 4) is 0 Å². The molecule has 3 amide bonds. The first-order valence-electron chi connectivity index (χ1n) is 10.4. The Morgan fingerprint density at radius 2 is 1.73 bits per heavy atom. The van der Waals surface area contributed by atoms with Crippen molar-refractivity contribution in [1.82, 2.24) is 19.5 Å². The number of carbonyl (C=O) groups excluding carboxylic acids is 2. The molecule has 0 bridgehead atoms. The van der Waals surface area contributed by atoms with Gasteiger partial charge in [0.15, 0.2) is 0 Å². The molecular formula is C19H32N8O3. The number of rotatable bonds is 4. The van der Waals surface area contributed by atoms with E-state index in [0.29, 0.717) is 39.3 Å². The predicted octanol–water partition coefficient (Wildman–Crippen LogP) is -0.894. The molecule has 1 aromatic heterocycles. The fourth-order valence-corrected chi connectivity index (χ4v) is 3.63. The minimum absolute atomic E-state index is 0.00787. The number of hydrogen-bond acceptors (Lipinski definition) is 7. The van der Waals surface area contributed by atoms with Gasteiger partial charge in [0.05, 0.1) is 0 Å². The van der Waals surface area contributed by atoms with Gasteiger partial charge >= 0.3 is 11.7 Å². The molecule has 2 fully saturated rings. The van der Waals surface area contributed by atoms with Crippen molar-refractivity contribution >= 4 is 17.8 Å². The average Bonchev–Trinajstić information content (AvgIpc) is 2.68. The van der Waals surface area contributed by atoms with Gasteiger partial charge in [0.2, 0.25) is 5.91 Å². The number of anilines is 1. The van der Waals surface area contributed by atoms with Crippen molar-refractivity contribution in [2.24, 2.45) is 11.5 Å². The molecule has 0 saturated carbocycles. The van der Waals surface area contributed by atoms with Gasteiger partial charge in [0, 0.05) is 63.5 Å². The molecule has 0 spiro atoms.